The monoisotopic (exact) mass is 605 g/mol. The molecule has 0 saturated carbocycles. The average molecular weight is 606 g/mol. The van der Waals surface area contributed by atoms with Crippen LogP contribution >= 0.6 is 12.2 Å². The van der Waals surface area contributed by atoms with Crippen molar-refractivity contribution in [2.75, 3.05) is 12.0 Å². The molecule has 1 fully saturated rings. The molecule has 2 atom stereocenters. The number of aryl methyl sites for hydroxylation is 2. The SMILES string of the molecule is COc1ccc(-n2c(C)cc([C@H]3[C@@H](c4ccccn4)NC(=S)N3c3ccc(Oc4ccc(C)cc4)cc3)c2C)c([N+](=O)[O-])c1. The second kappa shape index (κ2) is 11.8. The van der Waals surface area contributed by atoms with Crippen molar-refractivity contribution in [3.05, 3.63) is 136 Å². The van der Waals surface area contributed by atoms with Crippen LogP contribution in [0, 0.1) is 30.9 Å². The summed E-state index contributed by atoms with van der Waals surface area (Å²) in [6.45, 7) is 5.96. The molecule has 0 aliphatic carbocycles. The Bertz CT molecular complexity index is 1840. The zero-order valence-electron chi connectivity index (χ0n) is 24.7. The number of methoxy groups -OCH3 is 1. The van der Waals surface area contributed by atoms with Crippen LogP contribution in [0.4, 0.5) is 11.4 Å². The fraction of sp³-hybridized carbons (Fsp3) is 0.176. The molecule has 10 heteroatoms. The van der Waals surface area contributed by atoms with Crippen LogP contribution in [0.2, 0.25) is 0 Å². The Morgan fingerprint density at radius 3 is 2.23 bits per heavy atom. The Hall–Kier alpha value is -5.22. The van der Waals surface area contributed by atoms with E-state index in [2.05, 4.69) is 21.3 Å². The van der Waals surface area contributed by atoms with Crippen LogP contribution in [0.25, 0.3) is 5.69 Å². The Labute approximate surface area is 260 Å². The molecule has 1 saturated heterocycles. The highest BCUT2D eigenvalue weighted by Gasteiger charge is 2.42. The predicted octanol–water partition coefficient (Wildman–Crippen LogP) is 7.68. The van der Waals surface area contributed by atoms with Crippen molar-refractivity contribution in [2.24, 2.45) is 0 Å². The van der Waals surface area contributed by atoms with Gasteiger partial charge < -0.3 is 24.3 Å². The van der Waals surface area contributed by atoms with E-state index >= 15 is 0 Å². The summed E-state index contributed by atoms with van der Waals surface area (Å²) >= 11 is 5.93. The van der Waals surface area contributed by atoms with Crippen LogP contribution in [-0.2, 0) is 0 Å². The smallest absolute Gasteiger partial charge is 0.296 e. The number of nitro groups is 1. The van der Waals surface area contributed by atoms with E-state index in [1.165, 1.54) is 13.2 Å². The van der Waals surface area contributed by atoms with Crippen LogP contribution in [-0.4, -0.2) is 26.7 Å². The van der Waals surface area contributed by atoms with Gasteiger partial charge in [-0.15, -0.1) is 0 Å². The van der Waals surface area contributed by atoms with E-state index in [1.807, 2.05) is 92.1 Å². The van der Waals surface area contributed by atoms with Gasteiger partial charge in [0.05, 0.1) is 35.9 Å². The van der Waals surface area contributed by atoms with Gasteiger partial charge in [-0.3, -0.25) is 15.1 Å². The Balaban J connectivity index is 1.43. The van der Waals surface area contributed by atoms with E-state index in [1.54, 1.807) is 18.3 Å². The number of thiocarbonyl (C=S) groups is 1. The first-order valence-corrected chi connectivity index (χ1v) is 14.5. The molecule has 0 unspecified atom stereocenters. The number of hydrogen-bond acceptors (Lipinski definition) is 6. The molecule has 222 valence electrons. The maximum absolute atomic E-state index is 12.1. The van der Waals surface area contributed by atoms with E-state index in [4.69, 9.17) is 21.7 Å². The van der Waals surface area contributed by atoms with Crippen molar-refractivity contribution < 1.29 is 14.4 Å². The molecule has 1 N–H and O–H groups in total. The van der Waals surface area contributed by atoms with Gasteiger partial charge in [-0.1, -0.05) is 23.8 Å². The molecule has 0 bridgehead atoms. The van der Waals surface area contributed by atoms with Crippen molar-refractivity contribution in [3.8, 4) is 22.9 Å². The molecule has 0 spiro atoms. The fourth-order valence-electron chi connectivity index (χ4n) is 5.79. The van der Waals surface area contributed by atoms with Crippen molar-refractivity contribution in [1.29, 1.82) is 0 Å². The number of nitrogens with zero attached hydrogens (tertiary/aromatic N) is 4. The number of nitro benzene ring substituents is 1. The topological polar surface area (TPSA) is 94.7 Å². The molecule has 44 heavy (non-hydrogen) atoms. The zero-order chi connectivity index (χ0) is 31.0. The minimum Gasteiger partial charge on any atom is -0.496 e. The lowest BCUT2D eigenvalue weighted by atomic mass is 9.96. The number of aromatic nitrogens is 2. The zero-order valence-corrected chi connectivity index (χ0v) is 25.5. The van der Waals surface area contributed by atoms with Crippen LogP contribution < -0.4 is 19.7 Å². The quantitative estimate of drug-likeness (QED) is 0.109. The summed E-state index contributed by atoms with van der Waals surface area (Å²) < 4.78 is 13.3. The molecule has 1 aliphatic heterocycles. The largest absolute Gasteiger partial charge is 0.496 e. The van der Waals surface area contributed by atoms with Gasteiger partial charge in [0, 0.05) is 23.3 Å². The van der Waals surface area contributed by atoms with Crippen LogP contribution in [0.1, 0.15) is 40.3 Å². The maximum Gasteiger partial charge on any atom is 0.296 e. The highest BCUT2D eigenvalue weighted by molar-refractivity contribution is 7.80. The normalized spacial score (nSPS) is 16.1. The third kappa shape index (κ3) is 5.35. The van der Waals surface area contributed by atoms with Gasteiger partial charge in [0.25, 0.3) is 5.69 Å². The molecule has 9 nitrogen and oxygen atoms in total. The molecule has 3 heterocycles. The Morgan fingerprint density at radius 2 is 1.59 bits per heavy atom. The number of rotatable bonds is 8. The van der Waals surface area contributed by atoms with Crippen LogP contribution in [0.3, 0.4) is 0 Å². The van der Waals surface area contributed by atoms with Gasteiger partial charge in [-0.25, -0.2) is 0 Å². The third-order valence-electron chi connectivity index (χ3n) is 7.88. The summed E-state index contributed by atoms with van der Waals surface area (Å²) in [4.78, 5) is 18.5. The average Bonchev–Trinajstić information content (AvgIpc) is 3.53. The van der Waals surface area contributed by atoms with Crippen LogP contribution in [0.5, 0.6) is 17.2 Å². The number of pyridine rings is 1. The number of nitrogens with one attached hydrogen (secondary N) is 1. The molecule has 5 aromatic rings. The van der Waals surface area contributed by atoms with Gasteiger partial charge in [-0.05, 0) is 105 Å². The summed E-state index contributed by atoms with van der Waals surface area (Å²) in [6.07, 6.45) is 1.76. The number of anilines is 1. The summed E-state index contributed by atoms with van der Waals surface area (Å²) in [5.41, 5.74) is 5.98. The van der Waals surface area contributed by atoms with Gasteiger partial charge in [0.15, 0.2) is 5.11 Å². The minimum atomic E-state index is -0.383. The molecule has 1 aliphatic rings. The van der Waals surface area contributed by atoms with E-state index in [-0.39, 0.29) is 22.7 Å². The van der Waals surface area contributed by atoms with E-state index < -0.39 is 0 Å². The van der Waals surface area contributed by atoms with E-state index in [9.17, 15) is 10.1 Å². The molecule has 0 radical (unpaired) electrons. The standard InChI is InChI=1S/C34H31N5O4S/c1-21-8-12-25(13-9-21)43-26-14-10-24(11-15-26)38-33(32(36-34(38)44)29-7-5-6-18-35-29)28-19-22(2)37(23(28)3)30-17-16-27(42-4)20-31(30)39(40)41/h5-20,32-33H,1-4H3,(H,36,44)/t32-,33+/m1/s1. The Morgan fingerprint density at radius 1 is 0.909 bits per heavy atom. The van der Waals surface area contributed by atoms with Gasteiger partial charge in [0.1, 0.15) is 22.9 Å². The molecule has 6 rings (SSSR count). The first kappa shape index (κ1) is 28.9. The lowest BCUT2D eigenvalue weighted by Gasteiger charge is -2.28. The second-order valence-electron chi connectivity index (χ2n) is 10.7. The second-order valence-corrected chi connectivity index (χ2v) is 11.1. The highest BCUT2D eigenvalue weighted by atomic mass is 32.1. The van der Waals surface area contributed by atoms with Gasteiger partial charge in [-0.2, -0.15) is 0 Å². The lowest BCUT2D eigenvalue weighted by Crippen LogP contribution is -2.29. The molecule has 2 aromatic heterocycles. The summed E-state index contributed by atoms with van der Waals surface area (Å²) in [5, 5.41) is 16.2. The maximum atomic E-state index is 12.1. The molecular formula is C34H31N5O4S. The van der Waals surface area contributed by atoms with Gasteiger partial charge in [0.2, 0.25) is 0 Å². The van der Waals surface area contributed by atoms with Crippen molar-refractivity contribution >= 4 is 28.7 Å². The Kier molecular flexibility index (Phi) is 7.75. The highest BCUT2D eigenvalue weighted by Crippen LogP contribution is 2.44. The number of benzene rings is 3. The predicted molar refractivity (Wildman–Crippen MR) is 174 cm³/mol. The van der Waals surface area contributed by atoms with Crippen molar-refractivity contribution in [1.82, 2.24) is 14.9 Å². The fourth-order valence-corrected chi connectivity index (χ4v) is 6.14. The number of ether oxygens (including phenoxy) is 2. The molecule has 0 amide bonds. The summed E-state index contributed by atoms with van der Waals surface area (Å²) in [7, 11) is 1.49. The van der Waals surface area contributed by atoms with E-state index in [0.29, 0.717) is 22.3 Å². The van der Waals surface area contributed by atoms with Gasteiger partial charge >= 0.3 is 0 Å². The summed E-state index contributed by atoms with van der Waals surface area (Å²) in [6, 6.07) is 27.9. The van der Waals surface area contributed by atoms with Crippen molar-refractivity contribution in [3.63, 3.8) is 0 Å². The first-order chi connectivity index (χ1) is 21.2. The first-order valence-electron chi connectivity index (χ1n) is 14.1. The number of hydrogen-bond donors (Lipinski definition) is 1. The molecular weight excluding hydrogens is 574 g/mol. The summed E-state index contributed by atoms with van der Waals surface area (Å²) in [5.74, 6) is 1.89. The van der Waals surface area contributed by atoms with E-state index in [0.717, 1.165) is 39.6 Å². The minimum absolute atomic E-state index is 0.0416. The molecule has 3 aromatic carbocycles. The third-order valence-corrected chi connectivity index (χ3v) is 8.19. The lowest BCUT2D eigenvalue weighted by molar-refractivity contribution is -0.384. The van der Waals surface area contributed by atoms with Crippen LogP contribution in [0.15, 0.2) is 97.2 Å². The van der Waals surface area contributed by atoms with Crippen molar-refractivity contribution in [2.45, 2.75) is 32.9 Å².